The predicted molar refractivity (Wildman–Crippen MR) is 206 cm³/mol. The fourth-order valence-electron chi connectivity index (χ4n) is 7.45. The van der Waals surface area contributed by atoms with Crippen LogP contribution in [0.1, 0.15) is 0 Å². The van der Waals surface area contributed by atoms with E-state index in [4.69, 9.17) is 4.42 Å². The molecule has 0 amide bonds. The quantitative estimate of drug-likeness (QED) is 0.190. The molecule has 0 unspecified atom stereocenters. The van der Waals surface area contributed by atoms with Crippen molar-refractivity contribution in [1.29, 1.82) is 0 Å². The first-order valence-electron chi connectivity index (χ1n) is 16.7. The monoisotopic (exact) mass is 626 g/mol. The Morgan fingerprint density at radius 3 is 1.82 bits per heavy atom. The highest BCUT2D eigenvalue weighted by atomic mass is 16.3. The average Bonchev–Trinajstić information content (AvgIpc) is 3.71. The number of hydrogen-bond acceptors (Lipinski definition) is 2. The third-order valence-electron chi connectivity index (χ3n) is 9.76. The molecule has 2 aromatic heterocycles. The molecule has 0 fully saturated rings. The molecule has 0 saturated heterocycles. The molecule has 0 N–H and O–H groups in total. The van der Waals surface area contributed by atoms with Gasteiger partial charge < -0.3 is 13.9 Å². The Morgan fingerprint density at radius 1 is 0.408 bits per heavy atom. The van der Waals surface area contributed by atoms with Crippen LogP contribution in [0.4, 0.5) is 17.1 Å². The largest absolute Gasteiger partial charge is 0.454 e. The standard InChI is InChI=1S/C46H30N2O/c1-2-13-35(14-3-1)47(43-19-10-17-40-39-16-7-9-20-45(39)49-46(40)43)36-25-21-31(22-26-36)32-23-27-37(28-24-32)48-42-18-8-6-15-38(42)41-29-33-11-4-5-12-34(33)30-44(41)48/h1-30H. The molecule has 2 heterocycles. The maximum Gasteiger partial charge on any atom is 0.159 e. The fraction of sp³-hybridized carbons (Fsp3) is 0. The van der Waals surface area contributed by atoms with Gasteiger partial charge in [0, 0.05) is 38.6 Å². The molecule has 10 aromatic rings. The summed E-state index contributed by atoms with van der Waals surface area (Å²) in [4.78, 5) is 2.28. The van der Waals surface area contributed by atoms with Crippen molar-refractivity contribution in [2.45, 2.75) is 0 Å². The Hall–Kier alpha value is -6.58. The summed E-state index contributed by atoms with van der Waals surface area (Å²) in [5.41, 5.74) is 10.8. The van der Waals surface area contributed by atoms with E-state index < -0.39 is 0 Å². The molecule has 10 rings (SSSR count). The Balaban J connectivity index is 1.05. The lowest BCUT2D eigenvalue weighted by atomic mass is 10.0. The molecule has 230 valence electrons. The van der Waals surface area contributed by atoms with Gasteiger partial charge in [0.1, 0.15) is 5.58 Å². The molecule has 0 aliphatic heterocycles. The second kappa shape index (κ2) is 11.0. The van der Waals surface area contributed by atoms with Gasteiger partial charge in [-0.25, -0.2) is 0 Å². The number of hydrogen-bond donors (Lipinski definition) is 0. The number of nitrogens with zero attached hydrogens (tertiary/aromatic N) is 2. The first kappa shape index (κ1) is 27.5. The SMILES string of the molecule is c1ccc(N(c2ccc(-c3ccc(-n4c5ccccc5c5cc6ccccc6cc54)cc3)cc2)c2cccc3c2oc2ccccc23)cc1. The normalized spacial score (nSPS) is 11.7. The van der Waals surface area contributed by atoms with Crippen molar-refractivity contribution in [3.05, 3.63) is 182 Å². The van der Waals surface area contributed by atoms with Crippen LogP contribution >= 0.6 is 0 Å². The fourth-order valence-corrected chi connectivity index (χ4v) is 7.45. The zero-order valence-corrected chi connectivity index (χ0v) is 26.6. The molecule has 0 aliphatic rings. The number of para-hydroxylation sites is 4. The van der Waals surface area contributed by atoms with Crippen LogP contribution < -0.4 is 4.90 Å². The molecule has 49 heavy (non-hydrogen) atoms. The van der Waals surface area contributed by atoms with Crippen LogP contribution in [0.5, 0.6) is 0 Å². The lowest BCUT2D eigenvalue weighted by molar-refractivity contribution is 0.669. The molecule has 0 aliphatic carbocycles. The topological polar surface area (TPSA) is 21.3 Å². The minimum absolute atomic E-state index is 0.880. The number of benzene rings is 8. The van der Waals surface area contributed by atoms with Crippen LogP contribution in [0.15, 0.2) is 186 Å². The van der Waals surface area contributed by atoms with Gasteiger partial charge in [-0.05, 0) is 88.6 Å². The Bertz CT molecular complexity index is 2810. The average molecular weight is 627 g/mol. The first-order chi connectivity index (χ1) is 24.3. The summed E-state index contributed by atoms with van der Waals surface area (Å²) >= 11 is 0. The van der Waals surface area contributed by atoms with Crippen LogP contribution in [0.2, 0.25) is 0 Å². The van der Waals surface area contributed by atoms with Crippen LogP contribution in [0.25, 0.3) is 71.3 Å². The highest BCUT2D eigenvalue weighted by molar-refractivity contribution is 6.14. The van der Waals surface area contributed by atoms with E-state index in [1.54, 1.807) is 0 Å². The molecule has 0 bridgehead atoms. The Kier molecular flexibility index (Phi) is 6.18. The number of aromatic nitrogens is 1. The zero-order chi connectivity index (χ0) is 32.3. The van der Waals surface area contributed by atoms with Gasteiger partial charge in [0.05, 0.1) is 16.7 Å². The van der Waals surface area contributed by atoms with E-state index in [0.29, 0.717) is 0 Å². The summed E-state index contributed by atoms with van der Waals surface area (Å²) < 4.78 is 8.86. The van der Waals surface area contributed by atoms with Crippen molar-refractivity contribution < 1.29 is 4.42 Å². The highest BCUT2D eigenvalue weighted by Gasteiger charge is 2.19. The van der Waals surface area contributed by atoms with Gasteiger partial charge in [0.25, 0.3) is 0 Å². The van der Waals surface area contributed by atoms with Crippen LogP contribution in [0.3, 0.4) is 0 Å². The van der Waals surface area contributed by atoms with Gasteiger partial charge in [0.2, 0.25) is 0 Å². The van der Waals surface area contributed by atoms with Crippen molar-refractivity contribution in [3.8, 4) is 16.8 Å². The maximum absolute atomic E-state index is 6.47. The molecule has 0 spiro atoms. The third kappa shape index (κ3) is 4.44. The molecule has 0 atom stereocenters. The summed E-state index contributed by atoms with van der Waals surface area (Å²) in [5, 5.41) is 7.29. The number of rotatable bonds is 5. The van der Waals surface area contributed by atoms with Gasteiger partial charge in [-0.1, -0.05) is 115 Å². The van der Waals surface area contributed by atoms with Crippen LogP contribution in [-0.4, -0.2) is 4.57 Å². The zero-order valence-electron chi connectivity index (χ0n) is 26.6. The summed E-state index contributed by atoms with van der Waals surface area (Å²) in [6.45, 7) is 0. The molecule has 8 aromatic carbocycles. The number of anilines is 3. The molecular weight excluding hydrogens is 597 g/mol. The molecule has 3 heteroatoms. The summed E-state index contributed by atoms with van der Waals surface area (Å²) in [5.74, 6) is 0. The van der Waals surface area contributed by atoms with Gasteiger partial charge in [0.15, 0.2) is 5.58 Å². The number of fused-ring (bicyclic) bond motifs is 7. The lowest BCUT2D eigenvalue weighted by Gasteiger charge is -2.25. The third-order valence-corrected chi connectivity index (χ3v) is 9.76. The van der Waals surface area contributed by atoms with E-state index in [1.165, 1.54) is 43.7 Å². The van der Waals surface area contributed by atoms with Crippen molar-refractivity contribution in [2.24, 2.45) is 0 Å². The van der Waals surface area contributed by atoms with Crippen LogP contribution in [0, 0.1) is 0 Å². The van der Waals surface area contributed by atoms with E-state index in [2.05, 4.69) is 179 Å². The van der Waals surface area contributed by atoms with Gasteiger partial charge in [-0.2, -0.15) is 0 Å². The van der Waals surface area contributed by atoms with Gasteiger partial charge in [-0.3, -0.25) is 0 Å². The highest BCUT2D eigenvalue weighted by Crippen LogP contribution is 2.42. The van der Waals surface area contributed by atoms with Gasteiger partial charge in [-0.15, -0.1) is 0 Å². The summed E-state index contributed by atoms with van der Waals surface area (Å²) in [7, 11) is 0. The molecule has 0 radical (unpaired) electrons. The van der Waals surface area contributed by atoms with Crippen molar-refractivity contribution in [2.75, 3.05) is 4.90 Å². The minimum atomic E-state index is 0.880. The van der Waals surface area contributed by atoms with Crippen molar-refractivity contribution in [1.82, 2.24) is 4.57 Å². The second-order valence-electron chi connectivity index (χ2n) is 12.6. The molecule has 0 saturated carbocycles. The Morgan fingerprint density at radius 2 is 1.02 bits per heavy atom. The Labute approximate surface area is 283 Å². The van der Waals surface area contributed by atoms with E-state index in [1.807, 2.05) is 12.1 Å². The van der Waals surface area contributed by atoms with E-state index in [0.717, 1.165) is 44.7 Å². The van der Waals surface area contributed by atoms with E-state index in [9.17, 15) is 0 Å². The first-order valence-corrected chi connectivity index (χ1v) is 16.7. The molecular formula is C46H30N2O. The summed E-state index contributed by atoms with van der Waals surface area (Å²) in [6, 6.07) is 64.9. The minimum Gasteiger partial charge on any atom is -0.454 e. The van der Waals surface area contributed by atoms with Crippen molar-refractivity contribution >= 4 is 71.6 Å². The second-order valence-corrected chi connectivity index (χ2v) is 12.6. The number of furan rings is 1. The lowest BCUT2D eigenvalue weighted by Crippen LogP contribution is -2.10. The molecule has 3 nitrogen and oxygen atoms in total. The maximum atomic E-state index is 6.47. The van der Waals surface area contributed by atoms with Crippen LogP contribution in [-0.2, 0) is 0 Å². The summed E-state index contributed by atoms with van der Waals surface area (Å²) in [6.07, 6.45) is 0. The van der Waals surface area contributed by atoms with Crippen molar-refractivity contribution in [3.63, 3.8) is 0 Å². The predicted octanol–water partition coefficient (Wildman–Crippen LogP) is 13.0. The van der Waals surface area contributed by atoms with E-state index in [-0.39, 0.29) is 0 Å². The van der Waals surface area contributed by atoms with E-state index >= 15 is 0 Å². The smallest absolute Gasteiger partial charge is 0.159 e. The van der Waals surface area contributed by atoms with Gasteiger partial charge >= 0.3 is 0 Å².